The van der Waals surface area contributed by atoms with E-state index in [1.54, 1.807) is 54.6 Å². The molecule has 33 heavy (non-hydrogen) atoms. The van der Waals surface area contributed by atoms with E-state index in [-0.39, 0.29) is 5.56 Å². The van der Waals surface area contributed by atoms with E-state index < -0.39 is 15.9 Å². The van der Waals surface area contributed by atoms with Crippen LogP contribution in [0.2, 0.25) is 10.0 Å². The molecular weight excluding hydrogens is 481 g/mol. The van der Waals surface area contributed by atoms with E-state index in [0.717, 1.165) is 16.8 Å². The van der Waals surface area contributed by atoms with Gasteiger partial charge in [-0.25, -0.2) is 18.1 Å². The summed E-state index contributed by atoms with van der Waals surface area (Å²) < 4.78 is 28.7. The molecule has 0 unspecified atom stereocenters. The molecule has 1 N–H and O–H groups in total. The average molecular weight is 500 g/mol. The molecule has 1 heterocycles. The molecule has 9 heteroatoms. The first-order valence-electron chi connectivity index (χ1n) is 9.93. The Balaban J connectivity index is 1.60. The van der Waals surface area contributed by atoms with Crippen molar-refractivity contribution in [2.24, 2.45) is 0 Å². The summed E-state index contributed by atoms with van der Waals surface area (Å²) in [6, 6.07) is 19.0. The highest BCUT2D eigenvalue weighted by Gasteiger charge is 2.16. The maximum absolute atomic E-state index is 12.7. The molecule has 6 nitrogen and oxygen atoms in total. The summed E-state index contributed by atoms with van der Waals surface area (Å²) in [5, 5.41) is 2.03. The first-order chi connectivity index (χ1) is 15.7. The van der Waals surface area contributed by atoms with Gasteiger partial charge in [0.1, 0.15) is 5.82 Å². The number of hydrogen-bond donors (Lipinski definition) is 1. The fraction of sp³-hybridized carbons (Fsp3) is 0.0833. The van der Waals surface area contributed by atoms with Crippen LogP contribution in [0.4, 0.5) is 0 Å². The minimum absolute atomic E-state index is 0.197. The molecule has 0 atom stereocenters. The number of rotatable bonds is 6. The number of aromatic nitrogens is 2. The van der Waals surface area contributed by atoms with Crippen LogP contribution in [0, 0.1) is 6.92 Å². The minimum Gasteiger partial charge on any atom is -0.324 e. The van der Waals surface area contributed by atoms with E-state index in [4.69, 9.17) is 23.2 Å². The lowest BCUT2D eigenvalue weighted by Gasteiger charge is -2.10. The van der Waals surface area contributed by atoms with Crippen LogP contribution in [-0.2, 0) is 16.6 Å². The molecular formula is C24H19Cl2N3O3S. The Morgan fingerprint density at radius 1 is 1.06 bits per heavy atom. The van der Waals surface area contributed by atoms with Gasteiger partial charge < -0.3 is 4.57 Å². The van der Waals surface area contributed by atoms with Gasteiger partial charge in [0.25, 0.3) is 15.9 Å². The second-order valence-electron chi connectivity index (χ2n) is 7.37. The first kappa shape index (κ1) is 23.0. The zero-order valence-corrected chi connectivity index (χ0v) is 19.8. The Morgan fingerprint density at radius 3 is 2.55 bits per heavy atom. The molecule has 0 aliphatic carbocycles. The summed E-state index contributed by atoms with van der Waals surface area (Å²) in [6.45, 7) is 2.27. The lowest BCUT2D eigenvalue weighted by Crippen LogP contribution is -2.28. The molecule has 0 bridgehead atoms. The molecule has 1 amide bonds. The number of aryl methyl sites for hydroxylation is 1. The molecule has 4 aromatic rings. The zero-order chi connectivity index (χ0) is 23.6. The normalized spacial score (nSPS) is 11.8. The summed E-state index contributed by atoms with van der Waals surface area (Å²) in [4.78, 5) is 17.2. The lowest BCUT2D eigenvalue weighted by atomic mass is 10.2. The number of amides is 1. The zero-order valence-electron chi connectivity index (χ0n) is 17.5. The van der Waals surface area contributed by atoms with E-state index >= 15 is 0 Å². The Labute approximate surface area is 201 Å². The smallest absolute Gasteiger partial charge is 0.265 e. The van der Waals surface area contributed by atoms with Crippen molar-refractivity contribution < 1.29 is 13.2 Å². The standard InChI is InChI=1S/C24H19Cl2N3O3S/c1-16-27-22-10-8-18(13-23(22)29(16)15-19-7-9-20(25)14-21(19)26)24(30)28-33(31,32)12-11-17-5-3-2-4-6-17/h2-14H,15H2,1H3,(H,28,30)/b12-11+. The predicted molar refractivity (Wildman–Crippen MR) is 132 cm³/mol. The predicted octanol–water partition coefficient (Wildman–Crippen LogP) is 5.43. The number of nitrogens with one attached hydrogen (secondary N) is 1. The molecule has 0 spiro atoms. The fourth-order valence-electron chi connectivity index (χ4n) is 3.36. The summed E-state index contributed by atoms with van der Waals surface area (Å²) in [6.07, 6.45) is 1.42. The molecule has 3 aromatic carbocycles. The third kappa shape index (κ3) is 5.45. The van der Waals surface area contributed by atoms with Crippen molar-refractivity contribution in [1.82, 2.24) is 14.3 Å². The van der Waals surface area contributed by atoms with E-state index in [2.05, 4.69) is 9.71 Å². The Bertz CT molecular complexity index is 1480. The van der Waals surface area contributed by atoms with Gasteiger partial charge in [0.2, 0.25) is 0 Å². The van der Waals surface area contributed by atoms with Crippen molar-refractivity contribution in [3.63, 3.8) is 0 Å². The summed E-state index contributed by atoms with van der Waals surface area (Å²) in [7, 11) is -3.98. The van der Waals surface area contributed by atoms with Crippen LogP contribution in [0.1, 0.15) is 27.3 Å². The van der Waals surface area contributed by atoms with Crippen molar-refractivity contribution in [3.05, 3.63) is 105 Å². The highest BCUT2D eigenvalue weighted by Crippen LogP contribution is 2.25. The van der Waals surface area contributed by atoms with E-state index in [9.17, 15) is 13.2 Å². The van der Waals surface area contributed by atoms with Crippen LogP contribution in [-0.4, -0.2) is 23.9 Å². The Kier molecular flexibility index (Phi) is 6.56. The topological polar surface area (TPSA) is 81.1 Å². The molecule has 168 valence electrons. The van der Waals surface area contributed by atoms with Gasteiger partial charge in [0.05, 0.1) is 23.0 Å². The van der Waals surface area contributed by atoms with Crippen molar-refractivity contribution in [3.8, 4) is 0 Å². The number of benzene rings is 3. The first-order valence-corrected chi connectivity index (χ1v) is 12.2. The molecule has 4 rings (SSSR count). The largest absolute Gasteiger partial charge is 0.324 e. The monoisotopic (exact) mass is 499 g/mol. The second kappa shape index (κ2) is 9.39. The van der Waals surface area contributed by atoms with Crippen LogP contribution in [0.5, 0.6) is 0 Å². The Morgan fingerprint density at radius 2 is 1.82 bits per heavy atom. The van der Waals surface area contributed by atoms with Crippen molar-refractivity contribution in [2.75, 3.05) is 0 Å². The van der Waals surface area contributed by atoms with Crippen molar-refractivity contribution in [1.29, 1.82) is 0 Å². The highest BCUT2D eigenvalue weighted by molar-refractivity contribution is 7.93. The maximum Gasteiger partial charge on any atom is 0.265 e. The van der Waals surface area contributed by atoms with Crippen molar-refractivity contribution >= 4 is 56.2 Å². The number of halogens is 2. The van der Waals surface area contributed by atoms with Gasteiger partial charge >= 0.3 is 0 Å². The summed E-state index contributed by atoms with van der Waals surface area (Å²) >= 11 is 12.3. The number of carbonyl (C=O) groups is 1. The van der Waals surface area contributed by atoms with Gasteiger partial charge in [-0.1, -0.05) is 59.6 Å². The van der Waals surface area contributed by atoms with Crippen LogP contribution < -0.4 is 4.72 Å². The third-order valence-electron chi connectivity index (χ3n) is 5.02. The van der Waals surface area contributed by atoms with Gasteiger partial charge in [-0.3, -0.25) is 4.79 Å². The van der Waals surface area contributed by atoms with Crippen LogP contribution in [0.25, 0.3) is 17.1 Å². The fourth-order valence-corrected chi connectivity index (χ4v) is 4.61. The Hall–Kier alpha value is -3.13. The molecule has 0 saturated carbocycles. The number of nitrogens with zero attached hydrogens (tertiary/aromatic N) is 2. The van der Waals surface area contributed by atoms with Gasteiger partial charge in [-0.05, 0) is 54.5 Å². The number of sulfonamides is 1. The molecule has 0 aliphatic heterocycles. The summed E-state index contributed by atoms with van der Waals surface area (Å²) in [5.74, 6) is -0.00321. The van der Waals surface area contributed by atoms with Gasteiger partial charge in [-0.15, -0.1) is 0 Å². The van der Waals surface area contributed by atoms with E-state index in [1.165, 1.54) is 6.08 Å². The second-order valence-corrected chi connectivity index (χ2v) is 9.78. The van der Waals surface area contributed by atoms with Gasteiger partial charge in [0.15, 0.2) is 0 Å². The molecule has 0 saturated heterocycles. The number of hydrogen-bond acceptors (Lipinski definition) is 4. The van der Waals surface area contributed by atoms with E-state index in [1.807, 2.05) is 23.6 Å². The van der Waals surface area contributed by atoms with Crippen molar-refractivity contribution in [2.45, 2.75) is 13.5 Å². The quantitative estimate of drug-likeness (QED) is 0.383. The lowest BCUT2D eigenvalue weighted by molar-refractivity contribution is 0.0982. The van der Waals surface area contributed by atoms with Gasteiger partial charge in [0, 0.05) is 15.6 Å². The van der Waals surface area contributed by atoms with E-state index in [0.29, 0.717) is 33.2 Å². The molecule has 1 aromatic heterocycles. The molecule has 0 fully saturated rings. The average Bonchev–Trinajstić information content (AvgIpc) is 3.09. The van der Waals surface area contributed by atoms with Crippen LogP contribution in [0.3, 0.4) is 0 Å². The van der Waals surface area contributed by atoms with Gasteiger partial charge in [-0.2, -0.15) is 0 Å². The van der Waals surface area contributed by atoms with Crippen LogP contribution in [0.15, 0.2) is 72.1 Å². The highest BCUT2D eigenvalue weighted by atomic mass is 35.5. The van der Waals surface area contributed by atoms with Crippen LogP contribution >= 0.6 is 23.2 Å². The number of fused-ring (bicyclic) bond motifs is 1. The molecule has 0 radical (unpaired) electrons. The minimum atomic E-state index is -3.98. The number of carbonyl (C=O) groups excluding carboxylic acids is 1. The number of imidazole rings is 1. The SMILES string of the molecule is Cc1nc2ccc(C(=O)NS(=O)(=O)/C=C/c3ccccc3)cc2n1Cc1ccc(Cl)cc1Cl. The summed E-state index contributed by atoms with van der Waals surface area (Å²) in [5.41, 5.74) is 3.11. The molecule has 0 aliphatic rings. The third-order valence-corrected chi connectivity index (χ3v) is 6.57. The maximum atomic E-state index is 12.7.